The Morgan fingerprint density at radius 3 is 2.69 bits per heavy atom. The Morgan fingerprint density at radius 2 is 2.12 bits per heavy atom. The van der Waals surface area contributed by atoms with Gasteiger partial charge < -0.3 is 4.90 Å². The Bertz CT molecular complexity index is 376. The van der Waals surface area contributed by atoms with Crippen LogP contribution >= 0.6 is 0 Å². The maximum Gasteiger partial charge on any atom is 0.0671 e. The molecule has 2 rings (SSSR count). The quantitative estimate of drug-likeness (QED) is 0.755. The zero-order chi connectivity index (χ0) is 11.5. The van der Waals surface area contributed by atoms with Crippen molar-refractivity contribution in [1.29, 1.82) is 0 Å². The third-order valence-electron chi connectivity index (χ3n) is 3.12. The molecule has 0 spiro atoms. The fraction of sp³-hybridized carbons (Fsp3) is 0.500. The molecule has 1 aromatic rings. The van der Waals surface area contributed by atoms with Gasteiger partial charge >= 0.3 is 0 Å². The third kappa shape index (κ3) is 2.50. The van der Waals surface area contributed by atoms with Crippen LogP contribution in [0.1, 0.15) is 37.4 Å². The van der Waals surface area contributed by atoms with E-state index in [1.54, 1.807) is 0 Å². The van der Waals surface area contributed by atoms with Crippen molar-refractivity contribution in [3.05, 3.63) is 35.7 Å². The lowest BCUT2D eigenvalue weighted by atomic mass is 10.0. The molecule has 0 amide bonds. The normalized spacial score (nSPS) is 17.6. The summed E-state index contributed by atoms with van der Waals surface area (Å²) in [7, 11) is 2.16. The van der Waals surface area contributed by atoms with E-state index in [4.69, 9.17) is 0 Å². The number of hydrogen-bond donors (Lipinski definition) is 0. The van der Waals surface area contributed by atoms with Crippen LogP contribution in [-0.2, 0) is 0 Å². The molecule has 0 saturated heterocycles. The van der Waals surface area contributed by atoms with E-state index in [2.05, 4.69) is 49.0 Å². The summed E-state index contributed by atoms with van der Waals surface area (Å²) < 4.78 is 0. The van der Waals surface area contributed by atoms with Crippen LogP contribution in [0.3, 0.4) is 0 Å². The number of likely N-dealkylation sites (N-methyl/N-ethyl adjacent to an activating group) is 1. The van der Waals surface area contributed by atoms with Gasteiger partial charge in [0.05, 0.1) is 5.69 Å². The first-order valence-electron chi connectivity index (χ1n) is 6.00. The summed E-state index contributed by atoms with van der Waals surface area (Å²) in [6.45, 7) is 6.58. The molecule has 1 aromatic heterocycles. The number of pyridine rings is 1. The van der Waals surface area contributed by atoms with Gasteiger partial charge in [-0.2, -0.15) is 0 Å². The third-order valence-corrected chi connectivity index (χ3v) is 3.12. The Kier molecular flexibility index (Phi) is 3.39. The van der Waals surface area contributed by atoms with Gasteiger partial charge in [-0.15, -0.1) is 0 Å². The molecule has 0 unspecified atom stereocenters. The molecule has 2 heteroatoms. The number of aromatic nitrogens is 1. The van der Waals surface area contributed by atoms with Crippen molar-refractivity contribution in [1.82, 2.24) is 9.88 Å². The van der Waals surface area contributed by atoms with E-state index >= 15 is 0 Å². The van der Waals surface area contributed by atoms with Crippen molar-refractivity contribution in [3.8, 4) is 0 Å². The molecule has 1 aliphatic heterocycles. The highest BCUT2D eigenvalue weighted by atomic mass is 15.1. The van der Waals surface area contributed by atoms with Crippen LogP contribution < -0.4 is 0 Å². The van der Waals surface area contributed by atoms with Crippen molar-refractivity contribution >= 4 is 5.57 Å². The predicted octanol–water partition coefficient (Wildman–Crippen LogP) is 2.92. The zero-order valence-corrected chi connectivity index (χ0v) is 10.4. The summed E-state index contributed by atoms with van der Waals surface area (Å²) in [5.74, 6) is 0.560. The Labute approximate surface area is 98.0 Å². The van der Waals surface area contributed by atoms with E-state index in [0.717, 1.165) is 25.2 Å². The molecule has 0 aliphatic carbocycles. The van der Waals surface area contributed by atoms with E-state index in [1.165, 1.54) is 11.1 Å². The lowest BCUT2D eigenvalue weighted by molar-refractivity contribution is 0.372. The second-order valence-corrected chi connectivity index (χ2v) is 4.89. The Balaban J connectivity index is 2.18. The van der Waals surface area contributed by atoms with Gasteiger partial charge in [0.25, 0.3) is 0 Å². The van der Waals surface area contributed by atoms with Crippen molar-refractivity contribution < 1.29 is 0 Å². The van der Waals surface area contributed by atoms with Crippen LogP contribution in [0.2, 0.25) is 0 Å². The van der Waals surface area contributed by atoms with E-state index in [0.29, 0.717) is 5.92 Å². The minimum atomic E-state index is 0.560. The highest BCUT2D eigenvalue weighted by molar-refractivity contribution is 5.64. The van der Waals surface area contributed by atoms with Gasteiger partial charge in [0.2, 0.25) is 0 Å². The molecule has 0 bridgehead atoms. The van der Waals surface area contributed by atoms with Crippen LogP contribution in [0.15, 0.2) is 24.4 Å². The molecule has 1 aliphatic rings. The standard InChI is InChI=1S/C14H20N2/c1-11(2)12-6-7-14(15-9-12)13-5-4-8-16(3)10-13/h5-7,9,11H,4,8,10H2,1-3H3. The largest absolute Gasteiger partial charge is 0.302 e. The molecule has 0 fully saturated rings. The highest BCUT2D eigenvalue weighted by Gasteiger charge is 2.11. The molecule has 0 N–H and O–H groups in total. The van der Waals surface area contributed by atoms with Crippen molar-refractivity contribution in [2.45, 2.75) is 26.2 Å². The number of rotatable bonds is 2. The zero-order valence-electron chi connectivity index (χ0n) is 10.4. The van der Waals surface area contributed by atoms with Gasteiger partial charge in [0.15, 0.2) is 0 Å². The average molecular weight is 216 g/mol. The summed E-state index contributed by atoms with van der Waals surface area (Å²) in [6, 6.07) is 4.35. The fourth-order valence-corrected chi connectivity index (χ4v) is 2.02. The lowest BCUT2D eigenvalue weighted by Gasteiger charge is -2.22. The van der Waals surface area contributed by atoms with Gasteiger partial charge in [-0.05, 0) is 36.6 Å². The second-order valence-electron chi connectivity index (χ2n) is 4.89. The maximum atomic E-state index is 4.56. The van der Waals surface area contributed by atoms with Crippen LogP contribution in [0, 0.1) is 0 Å². The lowest BCUT2D eigenvalue weighted by Crippen LogP contribution is -2.25. The van der Waals surface area contributed by atoms with E-state index in [1.807, 2.05) is 6.20 Å². The summed E-state index contributed by atoms with van der Waals surface area (Å²) >= 11 is 0. The Hall–Kier alpha value is -1.15. The first kappa shape index (κ1) is 11.3. The van der Waals surface area contributed by atoms with Gasteiger partial charge in [-0.25, -0.2) is 0 Å². The first-order valence-corrected chi connectivity index (χ1v) is 6.00. The molecule has 2 nitrogen and oxygen atoms in total. The molecule has 0 atom stereocenters. The smallest absolute Gasteiger partial charge is 0.0671 e. The van der Waals surface area contributed by atoms with E-state index in [-0.39, 0.29) is 0 Å². The van der Waals surface area contributed by atoms with E-state index in [9.17, 15) is 0 Å². The molecule has 0 aromatic carbocycles. The highest BCUT2D eigenvalue weighted by Crippen LogP contribution is 2.20. The number of nitrogens with zero attached hydrogens (tertiary/aromatic N) is 2. The van der Waals surface area contributed by atoms with Crippen molar-refractivity contribution in [2.75, 3.05) is 20.1 Å². The van der Waals surface area contributed by atoms with Crippen LogP contribution in [0.4, 0.5) is 0 Å². The van der Waals surface area contributed by atoms with E-state index < -0.39 is 0 Å². The summed E-state index contributed by atoms with van der Waals surface area (Å²) in [5, 5.41) is 0. The monoisotopic (exact) mass is 216 g/mol. The van der Waals surface area contributed by atoms with Crippen LogP contribution in [0.25, 0.3) is 5.57 Å². The topological polar surface area (TPSA) is 16.1 Å². The molecule has 86 valence electrons. The number of hydrogen-bond acceptors (Lipinski definition) is 2. The summed E-state index contributed by atoms with van der Waals surface area (Å²) in [4.78, 5) is 6.90. The molecule has 0 radical (unpaired) electrons. The summed E-state index contributed by atoms with van der Waals surface area (Å²) in [5.41, 5.74) is 3.81. The molecular formula is C14H20N2. The van der Waals surface area contributed by atoms with Gasteiger partial charge in [0, 0.05) is 19.3 Å². The minimum Gasteiger partial charge on any atom is -0.302 e. The minimum absolute atomic E-state index is 0.560. The molecule has 16 heavy (non-hydrogen) atoms. The van der Waals surface area contributed by atoms with Crippen molar-refractivity contribution in [2.24, 2.45) is 0 Å². The second kappa shape index (κ2) is 4.79. The molecular weight excluding hydrogens is 196 g/mol. The maximum absolute atomic E-state index is 4.56. The SMILES string of the molecule is CC(C)c1ccc(C2=CCCN(C)C2)nc1. The summed E-state index contributed by atoms with van der Waals surface area (Å²) in [6.07, 6.45) is 5.46. The first-order chi connectivity index (χ1) is 7.66. The van der Waals surface area contributed by atoms with Crippen molar-refractivity contribution in [3.63, 3.8) is 0 Å². The Morgan fingerprint density at radius 1 is 1.31 bits per heavy atom. The molecule has 0 saturated carbocycles. The molecule has 2 heterocycles. The van der Waals surface area contributed by atoms with Crippen LogP contribution in [0.5, 0.6) is 0 Å². The predicted molar refractivity (Wildman–Crippen MR) is 68.4 cm³/mol. The van der Waals surface area contributed by atoms with Crippen LogP contribution in [-0.4, -0.2) is 30.0 Å². The fourth-order valence-electron chi connectivity index (χ4n) is 2.02. The van der Waals surface area contributed by atoms with Gasteiger partial charge in [0.1, 0.15) is 0 Å². The van der Waals surface area contributed by atoms with Gasteiger partial charge in [-0.1, -0.05) is 26.0 Å². The average Bonchev–Trinajstić information content (AvgIpc) is 2.29. The van der Waals surface area contributed by atoms with Gasteiger partial charge in [-0.3, -0.25) is 4.98 Å².